The normalized spacial score (nSPS) is 11.9. The number of nitrogens with zero attached hydrogens (tertiary/aromatic N) is 2. The highest BCUT2D eigenvalue weighted by Gasteiger charge is 2.15. The highest BCUT2D eigenvalue weighted by Crippen LogP contribution is 2.08. The summed E-state index contributed by atoms with van der Waals surface area (Å²) in [7, 11) is 3.00. The van der Waals surface area contributed by atoms with Gasteiger partial charge in [-0.25, -0.2) is 9.78 Å². The lowest BCUT2D eigenvalue weighted by atomic mass is 10.4. The number of rotatable bonds is 5. The number of aromatic nitrogens is 1. The molecule has 17 heavy (non-hydrogen) atoms. The Hall–Kier alpha value is -1.66. The van der Waals surface area contributed by atoms with Crippen LogP contribution < -0.4 is 4.90 Å². The zero-order valence-corrected chi connectivity index (χ0v) is 9.87. The number of hydrogen-bond acceptors (Lipinski definition) is 5. The van der Waals surface area contributed by atoms with Crippen molar-refractivity contribution in [3.8, 4) is 0 Å². The van der Waals surface area contributed by atoms with Gasteiger partial charge in [0.1, 0.15) is 18.5 Å². The van der Waals surface area contributed by atoms with E-state index in [1.807, 2.05) is 0 Å². The number of amides is 1. The Kier molecular flexibility index (Phi) is 5.38. The van der Waals surface area contributed by atoms with Crippen LogP contribution in [0.2, 0.25) is 0 Å². The van der Waals surface area contributed by atoms with E-state index in [-0.39, 0.29) is 13.2 Å². The van der Waals surface area contributed by atoms with Crippen LogP contribution in [-0.4, -0.2) is 49.7 Å². The lowest BCUT2D eigenvalue weighted by Crippen LogP contribution is -2.32. The molecule has 94 valence electrons. The molecule has 1 aromatic rings. The highest BCUT2D eigenvalue weighted by molar-refractivity contribution is 5.85. The van der Waals surface area contributed by atoms with Gasteiger partial charge in [-0.3, -0.25) is 4.90 Å². The Morgan fingerprint density at radius 2 is 2.35 bits per heavy atom. The number of aliphatic hydroxyl groups excluding tert-OH is 1. The standard InChI is InChI=1S/C11H16N2O4/c1-13(10-5-3-4-6-12-10)11(15)17-8-9(7-14)16-2/h3-6,9,14H,7-8H2,1-2H3. The van der Waals surface area contributed by atoms with Gasteiger partial charge in [-0.1, -0.05) is 6.07 Å². The minimum atomic E-state index is -0.542. The fourth-order valence-corrected chi connectivity index (χ4v) is 1.10. The molecule has 0 saturated heterocycles. The highest BCUT2D eigenvalue weighted by atomic mass is 16.6. The third kappa shape index (κ3) is 4.01. The molecule has 6 nitrogen and oxygen atoms in total. The number of aliphatic hydroxyl groups is 1. The van der Waals surface area contributed by atoms with Gasteiger partial charge in [0.15, 0.2) is 0 Å². The molecule has 0 aromatic carbocycles. The van der Waals surface area contributed by atoms with Gasteiger partial charge in [-0.15, -0.1) is 0 Å². The summed E-state index contributed by atoms with van der Waals surface area (Å²) in [6.07, 6.45) is 0.542. The van der Waals surface area contributed by atoms with Gasteiger partial charge in [0.05, 0.1) is 6.61 Å². The first-order valence-corrected chi connectivity index (χ1v) is 5.14. The molecule has 0 bridgehead atoms. The van der Waals surface area contributed by atoms with Crippen molar-refractivity contribution >= 4 is 11.9 Å². The quantitative estimate of drug-likeness (QED) is 0.818. The summed E-state index contributed by atoms with van der Waals surface area (Å²) in [5.41, 5.74) is 0. The average molecular weight is 240 g/mol. The second kappa shape index (κ2) is 6.82. The van der Waals surface area contributed by atoms with Crippen molar-refractivity contribution in [2.45, 2.75) is 6.10 Å². The molecule has 0 saturated carbocycles. The van der Waals surface area contributed by atoms with Crippen LogP contribution >= 0.6 is 0 Å². The van der Waals surface area contributed by atoms with Gasteiger partial charge >= 0.3 is 6.09 Å². The third-order valence-corrected chi connectivity index (χ3v) is 2.20. The van der Waals surface area contributed by atoms with E-state index in [9.17, 15) is 4.79 Å². The fraction of sp³-hybridized carbons (Fsp3) is 0.455. The minimum Gasteiger partial charge on any atom is -0.446 e. The molecule has 0 aliphatic rings. The van der Waals surface area contributed by atoms with Crippen LogP contribution in [0.5, 0.6) is 0 Å². The Labute approximate surface area is 99.8 Å². The van der Waals surface area contributed by atoms with E-state index in [4.69, 9.17) is 14.6 Å². The van der Waals surface area contributed by atoms with Gasteiger partial charge in [0.25, 0.3) is 0 Å². The van der Waals surface area contributed by atoms with Crippen molar-refractivity contribution < 1.29 is 19.4 Å². The van der Waals surface area contributed by atoms with E-state index in [0.29, 0.717) is 5.82 Å². The van der Waals surface area contributed by atoms with Gasteiger partial charge in [-0.05, 0) is 12.1 Å². The molecule has 0 radical (unpaired) electrons. The van der Waals surface area contributed by atoms with Gasteiger partial charge in [0, 0.05) is 20.4 Å². The molecule has 1 rings (SSSR count). The predicted molar refractivity (Wildman–Crippen MR) is 61.9 cm³/mol. The van der Waals surface area contributed by atoms with Crippen LogP contribution in [0.1, 0.15) is 0 Å². The van der Waals surface area contributed by atoms with E-state index < -0.39 is 12.2 Å². The van der Waals surface area contributed by atoms with Crippen LogP contribution in [-0.2, 0) is 9.47 Å². The maximum absolute atomic E-state index is 11.6. The number of hydrogen-bond donors (Lipinski definition) is 1. The van der Waals surface area contributed by atoms with Gasteiger partial charge in [-0.2, -0.15) is 0 Å². The van der Waals surface area contributed by atoms with E-state index in [2.05, 4.69) is 4.98 Å². The summed E-state index contributed by atoms with van der Waals surface area (Å²) in [5, 5.41) is 8.85. The molecular formula is C11H16N2O4. The van der Waals surface area contributed by atoms with Crippen LogP contribution in [0.25, 0.3) is 0 Å². The maximum Gasteiger partial charge on any atom is 0.415 e. The Bertz CT molecular complexity index is 341. The van der Waals surface area contributed by atoms with Crippen molar-refractivity contribution in [1.82, 2.24) is 4.98 Å². The monoisotopic (exact) mass is 240 g/mol. The first-order chi connectivity index (χ1) is 8.19. The van der Waals surface area contributed by atoms with Crippen molar-refractivity contribution in [3.63, 3.8) is 0 Å². The average Bonchev–Trinajstić information content (AvgIpc) is 2.39. The zero-order valence-electron chi connectivity index (χ0n) is 9.87. The number of anilines is 1. The Morgan fingerprint density at radius 3 is 2.88 bits per heavy atom. The molecule has 0 fully saturated rings. The summed E-state index contributed by atoms with van der Waals surface area (Å²) >= 11 is 0. The van der Waals surface area contributed by atoms with Gasteiger partial charge in [0.2, 0.25) is 0 Å². The number of pyridine rings is 1. The predicted octanol–water partition coefficient (Wildman–Crippen LogP) is 0.662. The lowest BCUT2D eigenvalue weighted by Gasteiger charge is -2.18. The zero-order chi connectivity index (χ0) is 12.7. The third-order valence-electron chi connectivity index (χ3n) is 2.20. The summed E-state index contributed by atoms with van der Waals surface area (Å²) in [5.74, 6) is 0.496. The topological polar surface area (TPSA) is 71.9 Å². The molecule has 1 amide bonds. The van der Waals surface area contributed by atoms with Crippen LogP contribution in [0, 0.1) is 0 Å². The fourth-order valence-electron chi connectivity index (χ4n) is 1.10. The van der Waals surface area contributed by atoms with Gasteiger partial charge < -0.3 is 14.6 Å². The second-order valence-electron chi connectivity index (χ2n) is 3.36. The molecule has 1 heterocycles. The first-order valence-electron chi connectivity index (χ1n) is 5.14. The Morgan fingerprint density at radius 1 is 1.59 bits per heavy atom. The second-order valence-corrected chi connectivity index (χ2v) is 3.36. The molecule has 1 N–H and O–H groups in total. The van der Waals surface area contributed by atoms with E-state index in [1.54, 1.807) is 31.4 Å². The van der Waals surface area contributed by atoms with E-state index in [0.717, 1.165) is 0 Å². The summed E-state index contributed by atoms with van der Waals surface area (Å²) < 4.78 is 9.84. The number of ether oxygens (including phenoxy) is 2. The number of carbonyl (C=O) groups excluding carboxylic acids is 1. The van der Waals surface area contributed by atoms with Crippen molar-refractivity contribution in [2.24, 2.45) is 0 Å². The molecule has 1 atom stereocenters. The number of carbonyl (C=O) groups is 1. The van der Waals surface area contributed by atoms with Crippen LogP contribution in [0.3, 0.4) is 0 Å². The van der Waals surface area contributed by atoms with E-state index >= 15 is 0 Å². The Balaban J connectivity index is 2.48. The molecule has 6 heteroatoms. The molecular weight excluding hydrogens is 224 g/mol. The van der Waals surface area contributed by atoms with E-state index in [1.165, 1.54) is 12.0 Å². The van der Waals surface area contributed by atoms with Crippen molar-refractivity contribution in [3.05, 3.63) is 24.4 Å². The molecule has 1 unspecified atom stereocenters. The molecule has 0 aliphatic heterocycles. The first kappa shape index (κ1) is 13.4. The SMILES string of the molecule is COC(CO)COC(=O)N(C)c1ccccn1. The molecule has 0 spiro atoms. The minimum absolute atomic E-state index is 0.00298. The maximum atomic E-state index is 11.6. The summed E-state index contributed by atoms with van der Waals surface area (Å²) in [6, 6.07) is 5.23. The van der Waals surface area contributed by atoms with Crippen molar-refractivity contribution in [1.29, 1.82) is 0 Å². The molecule has 1 aromatic heterocycles. The summed E-state index contributed by atoms with van der Waals surface area (Å²) in [4.78, 5) is 16.9. The summed E-state index contributed by atoms with van der Waals surface area (Å²) in [6.45, 7) is -0.194. The lowest BCUT2D eigenvalue weighted by molar-refractivity contribution is 0.00333. The largest absolute Gasteiger partial charge is 0.446 e. The van der Waals surface area contributed by atoms with Crippen LogP contribution in [0.4, 0.5) is 10.6 Å². The number of methoxy groups -OCH3 is 1. The van der Waals surface area contributed by atoms with Crippen LogP contribution in [0.15, 0.2) is 24.4 Å². The van der Waals surface area contributed by atoms with Crippen molar-refractivity contribution in [2.75, 3.05) is 32.3 Å². The molecule has 0 aliphatic carbocycles. The smallest absolute Gasteiger partial charge is 0.415 e.